The topological polar surface area (TPSA) is 95.7 Å². The SMILES string of the molecule is C[C@@H]1CN(C(=O)Nc2ccc(N3CCC(CCO)CC3)nc2)[C@@H](C)CN1c1ccc(C#N)c(Cl)c1. The number of nitrogens with zero attached hydrogens (tertiary/aromatic N) is 5. The zero-order valence-electron chi connectivity index (χ0n) is 20.3. The zero-order valence-corrected chi connectivity index (χ0v) is 21.1. The Morgan fingerprint density at radius 2 is 1.97 bits per heavy atom. The van der Waals surface area contributed by atoms with Crippen molar-refractivity contribution in [3.8, 4) is 6.07 Å². The Labute approximate surface area is 212 Å². The molecule has 0 radical (unpaired) electrons. The maximum absolute atomic E-state index is 13.1. The number of piperidine rings is 1. The second kappa shape index (κ2) is 11.1. The number of amides is 2. The third kappa shape index (κ3) is 5.80. The van der Waals surface area contributed by atoms with Crippen molar-refractivity contribution in [3.63, 3.8) is 0 Å². The molecule has 2 fully saturated rings. The average molecular weight is 497 g/mol. The summed E-state index contributed by atoms with van der Waals surface area (Å²) in [6, 6.07) is 11.4. The molecule has 2 aromatic rings. The number of nitriles is 1. The highest BCUT2D eigenvalue weighted by Crippen LogP contribution is 2.29. The first-order chi connectivity index (χ1) is 16.9. The largest absolute Gasteiger partial charge is 0.396 e. The Hall–Kier alpha value is -3.02. The van der Waals surface area contributed by atoms with Gasteiger partial charge in [-0.15, -0.1) is 0 Å². The van der Waals surface area contributed by atoms with Crippen molar-refractivity contribution >= 4 is 34.8 Å². The van der Waals surface area contributed by atoms with E-state index in [1.165, 1.54) is 0 Å². The Balaban J connectivity index is 1.34. The lowest BCUT2D eigenvalue weighted by Gasteiger charge is -2.45. The van der Waals surface area contributed by atoms with Gasteiger partial charge in [0.25, 0.3) is 0 Å². The summed E-state index contributed by atoms with van der Waals surface area (Å²) in [6.45, 7) is 7.48. The number of hydrogen-bond donors (Lipinski definition) is 2. The summed E-state index contributed by atoms with van der Waals surface area (Å²) in [5.41, 5.74) is 2.09. The van der Waals surface area contributed by atoms with Gasteiger partial charge in [-0.2, -0.15) is 5.26 Å². The van der Waals surface area contributed by atoms with Gasteiger partial charge < -0.3 is 25.1 Å². The molecule has 186 valence electrons. The van der Waals surface area contributed by atoms with Crippen LogP contribution in [0, 0.1) is 17.2 Å². The highest BCUT2D eigenvalue weighted by Gasteiger charge is 2.32. The molecule has 2 N–H and O–H groups in total. The summed E-state index contributed by atoms with van der Waals surface area (Å²) < 4.78 is 0. The molecule has 0 unspecified atom stereocenters. The zero-order chi connectivity index (χ0) is 24.9. The van der Waals surface area contributed by atoms with E-state index in [0.29, 0.717) is 35.3 Å². The van der Waals surface area contributed by atoms with Gasteiger partial charge in [0, 0.05) is 50.6 Å². The lowest BCUT2D eigenvalue weighted by atomic mass is 9.94. The van der Waals surface area contributed by atoms with Crippen molar-refractivity contribution < 1.29 is 9.90 Å². The number of rotatable bonds is 5. The van der Waals surface area contributed by atoms with Crippen LogP contribution in [0.3, 0.4) is 0 Å². The van der Waals surface area contributed by atoms with Crippen LogP contribution in [0.1, 0.15) is 38.7 Å². The summed E-state index contributed by atoms with van der Waals surface area (Å²) in [5, 5.41) is 21.7. The van der Waals surface area contributed by atoms with Crippen LogP contribution >= 0.6 is 11.6 Å². The van der Waals surface area contributed by atoms with E-state index in [1.54, 1.807) is 12.3 Å². The van der Waals surface area contributed by atoms with Crippen molar-refractivity contribution in [2.75, 3.05) is 47.9 Å². The fraction of sp³-hybridized carbons (Fsp3) is 0.500. The van der Waals surface area contributed by atoms with E-state index in [-0.39, 0.29) is 24.7 Å². The van der Waals surface area contributed by atoms with Gasteiger partial charge in [-0.05, 0) is 69.4 Å². The van der Waals surface area contributed by atoms with Crippen LogP contribution in [0.5, 0.6) is 0 Å². The molecule has 2 amide bonds. The van der Waals surface area contributed by atoms with E-state index in [1.807, 2.05) is 36.1 Å². The van der Waals surface area contributed by atoms with Crippen LogP contribution in [0.25, 0.3) is 0 Å². The minimum Gasteiger partial charge on any atom is -0.396 e. The lowest BCUT2D eigenvalue weighted by molar-refractivity contribution is 0.173. The second-order valence-corrected chi connectivity index (χ2v) is 9.96. The van der Waals surface area contributed by atoms with Gasteiger partial charge in [-0.3, -0.25) is 0 Å². The molecular formula is C26H33ClN6O2. The molecule has 8 nitrogen and oxygen atoms in total. The van der Waals surface area contributed by atoms with Crippen LogP contribution in [0.2, 0.25) is 5.02 Å². The Kier molecular flexibility index (Phi) is 7.99. The molecule has 1 aromatic heterocycles. The number of aromatic nitrogens is 1. The monoisotopic (exact) mass is 496 g/mol. The molecule has 1 aromatic carbocycles. The first kappa shape index (κ1) is 25.1. The molecule has 35 heavy (non-hydrogen) atoms. The number of hydrogen-bond acceptors (Lipinski definition) is 6. The number of carbonyl (C=O) groups excluding carboxylic acids is 1. The van der Waals surface area contributed by atoms with E-state index >= 15 is 0 Å². The van der Waals surface area contributed by atoms with E-state index in [4.69, 9.17) is 22.0 Å². The Morgan fingerprint density at radius 1 is 1.20 bits per heavy atom. The molecule has 3 heterocycles. The number of halogens is 1. The number of aliphatic hydroxyl groups is 1. The molecule has 2 atom stereocenters. The number of benzene rings is 1. The molecule has 2 aliphatic rings. The third-order valence-electron chi connectivity index (χ3n) is 7.13. The summed E-state index contributed by atoms with van der Waals surface area (Å²) >= 11 is 6.24. The Morgan fingerprint density at radius 3 is 2.60 bits per heavy atom. The normalized spacial score (nSPS) is 21.1. The molecular weight excluding hydrogens is 464 g/mol. The predicted molar refractivity (Wildman–Crippen MR) is 139 cm³/mol. The maximum Gasteiger partial charge on any atom is 0.322 e. The van der Waals surface area contributed by atoms with E-state index in [2.05, 4.69) is 33.1 Å². The van der Waals surface area contributed by atoms with Crippen LogP contribution < -0.4 is 15.1 Å². The maximum atomic E-state index is 13.1. The fourth-order valence-electron chi connectivity index (χ4n) is 5.02. The minimum atomic E-state index is -0.138. The molecule has 2 saturated heterocycles. The number of aliphatic hydroxyl groups excluding tert-OH is 1. The number of nitrogens with one attached hydrogen (secondary N) is 1. The van der Waals surface area contributed by atoms with Crippen LogP contribution in [0.15, 0.2) is 36.5 Å². The molecule has 0 saturated carbocycles. The standard InChI is InChI=1S/C26H33ClN6O2/c1-18-17-33(19(2)16-32(18)23-5-3-21(14-28)24(27)13-23)26(35)30-22-4-6-25(29-15-22)31-10-7-20(8-11-31)9-12-34/h3-6,13,15,18-20,34H,7-12,16-17H2,1-2H3,(H,30,35)/t18-,19+/m1/s1. The van der Waals surface area contributed by atoms with Gasteiger partial charge in [0.1, 0.15) is 11.9 Å². The second-order valence-electron chi connectivity index (χ2n) is 9.56. The smallest absolute Gasteiger partial charge is 0.322 e. The number of urea groups is 1. The summed E-state index contributed by atoms with van der Waals surface area (Å²) in [5.74, 6) is 1.51. The lowest BCUT2D eigenvalue weighted by Crippen LogP contribution is -2.59. The van der Waals surface area contributed by atoms with Gasteiger partial charge in [-0.1, -0.05) is 11.6 Å². The van der Waals surface area contributed by atoms with Gasteiger partial charge in [0.15, 0.2) is 0 Å². The van der Waals surface area contributed by atoms with Gasteiger partial charge in [-0.25, -0.2) is 9.78 Å². The van der Waals surface area contributed by atoms with E-state index < -0.39 is 0 Å². The van der Waals surface area contributed by atoms with Crippen LogP contribution in [0.4, 0.5) is 22.0 Å². The fourth-order valence-corrected chi connectivity index (χ4v) is 5.24. The summed E-state index contributed by atoms with van der Waals surface area (Å²) in [6.07, 6.45) is 4.73. The third-order valence-corrected chi connectivity index (χ3v) is 7.44. The number of piperazine rings is 1. The van der Waals surface area contributed by atoms with E-state index in [9.17, 15) is 4.79 Å². The summed E-state index contributed by atoms with van der Waals surface area (Å²) in [7, 11) is 0. The van der Waals surface area contributed by atoms with Crippen molar-refractivity contribution in [3.05, 3.63) is 47.1 Å². The summed E-state index contributed by atoms with van der Waals surface area (Å²) in [4.78, 5) is 24.0. The quantitative estimate of drug-likeness (QED) is 0.639. The van der Waals surface area contributed by atoms with Crippen molar-refractivity contribution in [1.82, 2.24) is 9.88 Å². The number of anilines is 3. The average Bonchev–Trinajstić information content (AvgIpc) is 2.86. The van der Waals surface area contributed by atoms with Crippen molar-refractivity contribution in [2.45, 2.75) is 45.2 Å². The van der Waals surface area contributed by atoms with Crippen LogP contribution in [-0.2, 0) is 0 Å². The predicted octanol–water partition coefficient (Wildman–Crippen LogP) is 4.34. The number of pyridine rings is 1. The highest BCUT2D eigenvalue weighted by atomic mass is 35.5. The van der Waals surface area contributed by atoms with Gasteiger partial charge in [0.2, 0.25) is 0 Å². The van der Waals surface area contributed by atoms with Crippen LogP contribution in [-0.4, -0.2) is 65.9 Å². The Bertz CT molecular complexity index is 1060. The van der Waals surface area contributed by atoms with Gasteiger partial charge in [0.05, 0.1) is 22.5 Å². The molecule has 2 aliphatic heterocycles. The molecule has 0 spiro atoms. The molecule has 4 rings (SSSR count). The van der Waals surface area contributed by atoms with Gasteiger partial charge >= 0.3 is 6.03 Å². The van der Waals surface area contributed by atoms with Crippen molar-refractivity contribution in [1.29, 1.82) is 5.26 Å². The van der Waals surface area contributed by atoms with Crippen molar-refractivity contribution in [2.24, 2.45) is 5.92 Å². The molecule has 0 aliphatic carbocycles. The molecule has 0 bridgehead atoms. The highest BCUT2D eigenvalue weighted by molar-refractivity contribution is 6.32. The first-order valence-corrected chi connectivity index (χ1v) is 12.6. The van der Waals surface area contributed by atoms with E-state index in [0.717, 1.165) is 43.9 Å². The first-order valence-electron chi connectivity index (χ1n) is 12.3. The number of carbonyl (C=O) groups is 1. The minimum absolute atomic E-state index is 0.00642. The molecule has 9 heteroatoms.